The number of benzene rings is 1. The van der Waals surface area contributed by atoms with E-state index in [9.17, 15) is 0 Å². The fourth-order valence-corrected chi connectivity index (χ4v) is 1.98. The molecule has 1 heterocycles. The first-order valence-electron chi connectivity index (χ1n) is 4.78. The lowest BCUT2D eigenvalue weighted by molar-refractivity contribution is 0.248. The van der Waals surface area contributed by atoms with Gasteiger partial charge < -0.3 is 14.3 Å². The highest BCUT2D eigenvalue weighted by Crippen LogP contribution is 2.32. The Morgan fingerprint density at radius 1 is 1.31 bits per heavy atom. The molecule has 1 aromatic carbocycles. The fourth-order valence-electron chi connectivity index (χ4n) is 1.43. The molecule has 0 spiro atoms. The average molecular weight is 283 g/mol. The number of halogens is 1. The summed E-state index contributed by atoms with van der Waals surface area (Å²) in [5, 5.41) is 8.92. The molecular weight excluding hydrogens is 272 g/mol. The van der Waals surface area contributed by atoms with Crippen LogP contribution in [0.3, 0.4) is 0 Å². The van der Waals surface area contributed by atoms with Crippen molar-refractivity contribution in [3.63, 3.8) is 0 Å². The first-order valence-corrected chi connectivity index (χ1v) is 5.57. The summed E-state index contributed by atoms with van der Waals surface area (Å²) in [6.45, 7) is -0.0895. The summed E-state index contributed by atoms with van der Waals surface area (Å²) < 4.78 is 11.5. The number of aliphatic hydroxyl groups excluding tert-OH is 1. The van der Waals surface area contributed by atoms with Crippen molar-refractivity contribution in [3.8, 4) is 17.1 Å². The minimum atomic E-state index is -0.0895. The molecule has 0 aliphatic heterocycles. The molecule has 16 heavy (non-hydrogen) atoms. The van der Waals surface area contributed by atoms with Crippen LogP contribution in [0.2, 0.25) is 0 Å². The lowest BCUT2D eigenvalue weighted by Crippen LogP contribution is -1.84. The number of ether oxygens (including phenoxy) is 1. The minimum absolute atomic E-state index is 0.0895. The summed E-state index contributed by atoms with van der Waals surface area (Å²) in [7, 11) is 1.62. The second-order valence-electron chi connectivity index (χ2n) is 3.27. The van der Waals surface area contributed by atoms with Crippen LogP contribution in [0.5, 0.6) is 5.75 Å². The fraction of sp³-hybridized carbons (Fsp3) is 0.167. The number of furan rings is 1. The largest absolute Gasteiger partial charge is 0.497 e. The highest BCUT2D eigenvalue weighted by molar-refractivity contribution is 9.10. The van der Waals surface area contributed by atoms with Crippen molar-refractivity contribution >= 4 is 15.9 Å². The van der Waals surface area contributed by atoms with Crippen molar-refractivity contribution < 1.29 is 14.3 Å². The number of hydrogen-bond acceptors (Lipinski definition) is 3. The predicted molar refractivity (Wildman–Crippen MR) is 64.3 cm³/mol. The molecule has 0 aliphatic rings. The molecule has 3 nitrogen and oxygen atoms in total. The van der Waals surface area contributed by atoms with Gasteiger partial charge in [-0.25, -0.2) is 0 Å². The maximum absolute atomic E-state index is 8.92. The first kappa shape index (κ1) is 11.2. The van der Waals surface area contributed by atoms with E-state index in [0.717, 1.165) is 21.5 Å². The van der Waals surface area contributed by atoms with E-state index in [1.165, 1.54) is 0 Å². The summed E-state index contributed by atoms with van der Waals surface area (Å²) in [5.41, 5.74) is 0.931. The zero-order valence-electron chi connectivity index (χ0n) is 8.74. The highest BCUT2D eigenvalue weighted by atomic mass is 79.9. The summed E-state index contributed by atoms with van der Waals surface area (Å²) in [5.74, 6) is 2.06. The highest BCUT2D eigenvalue weighted by Gasteiger charge is 2.08. The Morgan fingerprint density at radius 2 is 2.12 bits per heavy atom. The number of aliphatic hydroxyl groups is 1. The molecule has 84 valence electrons. The molecule has 1 N–H and O–H groups in total. The van der Waals surface area contributed by atoms with E-state index in [4.69, 9.17) is 14.3 Å². The first-order chi connectivity index (χ1) is 7.74. The van der Waals surface area contributed by atoms with Crippen LogP contribution in [0.25, 0.3) is 11.3 Å². The van der Waals surface area contributed by atoms with Gasteiger partial charge in [-0.3, -0.25) is 0 Å². The van der Waals surface area contributed by atoms with Crippen molar-refractivity contribution in [1.82, 2.24) is 0 Å². The Labute approximate surface area is 102 Å². The van der Waals surface area contributed by atoms with E-state index in [1.807, 2.05) is 24.3 Å². The maximum Gasteiger partial charge on any atom is 0.135 e. The van der Waals surface area contributed by atoms with Crippen LogP contribution < -0.4 is 4.74 Å². The van der Waals surface area contributed by atoms with Crippen LogP contribution in [0, 0.1) is 0 Å². The Balaban J connectivity index is 2.40. The van der Waals surface area contributed by atoms with Gasteiger partial charge in [0.15, 0.2) is 0 Å². The predicted octanol–water partition coefficient (Wildman–Crippen LogP) is 3.21. The molecule has 0 unspecified atom stereocenters. The van der Waals surface area contributed by atoms with Gasteiger partial charge in [-0.1, -0.05) is 0 Å². The van der Waals surface area contributed by atoms with Gasteiger partial charge in [0, 0.05) is 10.0 Å². The molecular formula is C12H11BrO3. The SMILES string of the molecule is COc1ccc(-c2ccc(CO)o2)c(Br)c1. The van der Waals surface area contributed by atoms with Gasteiger partial charge in [-0.2, -0.15) is 0 Å². The van der Waals surface area contributed by atoms with Crippen molar-refractivity contribution in [2.24, 2.45) is 0 Å². The molecule has 1 aromatic heterocycles. The minimum Gasteiger partial charge on any atom is -0.497 e. The molecule has 0 saturated heterocycles. The summed E-state index contributed by atoms with van der Waals surface area (Å²) in [6.07, 6.45) is 0. The van der Waals surface area contributed by atoms with E-state index in [1.54, 1.807) is 13.2 Å². The van der Waals surface area contributed by atoms with Gasteiger partial charge >= 0.3 is 0 Å². The van der Waals surface area contributed by atoms with Crippen molar-refractivity contribution in [1.29, 1.82) is 0 Å². The second-order valence-corrected chi connectivity index (χ2v) is 4.12. The number of methoxy groups -OCH3 is 1. The summed E-state index contributed by atoms with van der Waals surface area (Å²) in [6, 6.07) is 9.23. The van der Waals surface area contributed by atoms with Gasteiger partial charge in [0.1, 0.15) is 23.9 Å². The lowest BCUT2D eigenvalue weighted by Gasteiger charge is -2.04. The van der Waals surface area contributed by atoms with E-state index in [0.29, 0.717) is 5.76 Å². The Bertz CT molecular complexity index is 491. The number of rotatable bonds is 3. The lowest BCUT2D eigenvalue weighted by atomic mass is 10.2. The molecule has 0 bridgehead atoms. The van der Waals surface area contributed by atoms with Gasteiger partial charge in [-0.15, -0.1) is 0 Å². The van der Waals surface area contributed by atoms with E-state index in [-0.39, 0.29) is 6.61 Å². The third kappa shape index (κ3) is 2.13. The molecule has 0 atom stereocenters. The second kappa shape index (κ2) is 4.72. The molecule has 2 rings (SSSR count). The third-order valence-electron chi connectivity index (χ3n) is 2.26. The monoisotopic (exact) mass is 282 g/mol. The third-order valence-corrected chi connectivity index (χ3v) is 2.92. The molecule has 2 aromatic rings. The smallest absolute Gasteiger partial charge is 0.135 e. The van der Waals surface area contributed by atoms with Crippen molar-refractivity contribution in [2.75, 3.05) is 7.11 Å². The Morgan fingerprint density at radius 3 is 2.69 bits per heavy atom. The topological polar surface area (TPSA) is 42.6 Å². The average Bonchev–Trinajstić information content (AvgIpc) is 2.77. The van der Waals surface area contributed by atoms with Crippen molar-refractivity contribution in [3.05, 3.63) is 40.6 Å². The van der Waals surface area contributed by atoms with Crippen LogP contribution in [-0.2, 0) is 6.61 Å². The molecule has 0 fully saturated rings. The van der Waals surface area contributed by atoms with Crippen LogP contribution in [-0.4, -0.2) is 12.2 Å². The van der Waals surface area contributed by atoms with E-state index < -0.39 is 0 Å². The maximum atomic E-state index is 8.92. The summed E-state index contributed by atoms with van der Waals surface area (Å²) >= 11 is 3.45. The molecule has 0 saturated carbocycles. The van der Waals surface area contributed by atoms with E-state index in [2.05, 4.69) is 15.9 Å². The van der Waals surface area contributed by atoms with Crippen LogP contribution in [0.4, 0.5) is 0 Å². The summed E-state index contributed by atoms with van der Waals surface area (Å²) in [4.78, 5) is 0. The van der Waals surface area contributed by atoms with Gasteiger partial charge in [0.2, 0.25) is 0 Å². The van der Waals surface area contributed by atoms with Crippen LogP contribution in [0.15, 0.2) is 39.2 Å². The van der Waals surface area contributed by atoms with Gasteiger partial charge in [-0.05, 0) is 46.3 Å². The zero-order chi connectivity index (χ0) is 11.5. The zero-order valence-corrected chi connectivity index (χ0v) is 10.3. The quantitative estimate of drug-likeness (QED) is 0.940. The van der Waals surface area contributed by atoms with Gasteiger partial charge in [0.05, 0.1) is 7.11 Å². The Hall–Kier alpha value is -1.26. The van der Waals surface area contributed by atoms with E-state index >= 15 is 0 Å². The van der Waals surface area contributed by atoms with Crippen LogP contribution >= 0.6 is 15.9 Å². The van der Waals surface area contributed by atoms with Gasteiger partial charge in [0.25, 0.3) is 0 Å². The Kier molecular flexibility index (Phi) is 3.31. The molecule has 0 amide bonds. The molecule has 0 aliphatic carbocycles. The normalized spacial score (nSPS) is 10.4. The molecule has 4 heteroatoms. The standard InChI is InChI=1S/C12H11BrO3/c1-15-8-2-4-10(11(13)6-8)12-5-3-9(7-14)16-12/h2-6,14H,7H2,1H3. The molecule has 0 radical (unpaired) electrons. The number of hydrogen-bond donors (Lipinski definition) is 1. The van der Waals surface area contributed by atoms with Crippen molar-refractivity contribution in [2.45, 2.75) is 6.61 Å². The van der Waals surface area contributed by atoms with Crippen LogP contribution in [0.1, 0.15) is 5.76 Å².